The Morgan fingerprint density at radius 2 is 1.11 bits per heavy atom. The fourth-order valence-electron chi connectivity index (χ4n) is 9.91. The van der Waals surface area contributed by atoms with E-state index >= 15 is 0 Å². The van der Waals surface area contributed by atoms with Gasteiger partial charge in [0.1, 0.15) is 24.4 Å². The Kier molecular flexibility index (Phi) is 25.6. The Balaban J connectivity index is 0.764. The number of benzene rings is 3. The molecular weight excluding hydrogens is 1210 g/mol. The number of carbonyl (C=O) groups is 8. The lowest BCUT2D eigenvalue weighted by Gasteiger charge is -2.46. The van der Waals surface area contributed by atoms with E-state index in [2.05, 4.69) is 26.6 Å². The number of hydrogen-bond donors (Lipinski definition) is 12. The highest BCUT2D eigenvalue weighted by Crippen LogP contribution is 2.35. The van der Waals surface area contributed by atoms with E-state index in [0.29, 0.717) is 76.0 Å². The number of nitrogens with one attached hydrogen (secondary N) is 5. The second kappa shape index (κ2) is 32.5. The minimum atomic E-state index is -2.46. The maximum absolute atomic E-state index is 13.0. The molecule has 28 heteroatoms. The number of aliphatic carboxylic acids is 1. The summed E-state index contributed by atoms with van der Waals surface area (Å²) in [7, 11) is 0. The van der Waals surface area contributed by atoms with Gasteiger partial charge in [-0.15, -0.1) is 22.7 Å². The van der Waals surface area contributed by atoms with Crippen LogP contribution in [0, 0.1) is 0 Å². The minimum absolute atomic E-state index is 0.0125. The molecule has 12 N–H and O–H groups in total. The van der Waals surface area contributed by atoms with Crippen LogP contribution in [0.1, 0.15) is 92.4 Å². The molecule has 4 heterocycles. The number of amides is 5. The molecule has 5 aromatic rings. The maximum Gasteiger partial charge on any atom is 0.364 e. The van der Waals surface area contributed by atoms with Crippen LogP contribution in [0.2, 0.25) is 0 Å². The van der Waals surface area contributed by atoms with Gasteiger partial charge in [0.05, 0.1) is 59.5 Å². The average molecular weight is 1280 g/mol. The zero-order valence-electron chi connectivity index (χ0n) is 47.7. The number of hydrogen-bond acceptors (Lipinski definition) is 22. The van der Waals surface area contributed by atoms with E-state index in [9.17, 15) is 74.1 Å². The summed E-state index contributed by atoms with van der Waals surface area (Å²) in [6.07, 6.45) is -12.4. The predicted octanol–water partition coefficient (Wildman–Crippen LogP) is 2.38. The first-order valence-electron chi connectivity index (χ1n) is 28.2. The summed E-state index contributed by atoms with van der Waals surface area (Å²) in [5.74, 6) is -6.62. The summed E-state index contributed by atoms with van der Waals surface area (Å²) in [6, 6.07) is 21.8. The zero-order valence-corrected chi connectivity index (χ0v) is 51.0. The van der Waals surface area contributed by atoms with Crippen molar-refractivity contribution >= 4 is 114 Å². The van der Waals surface area contributed by atoms with Gasteiger partial charge in [-0.05, 0) is 83.7 Å². The third-order valence-corrected chi connectivity index (χ3v) is 18.8. The van der Waals surface area contributed by atoms with E-state index in [4.69, 9.17) is 18.9 Å². The molecule has 87 heavy (non-hydrogen) atoms. The number of fused-ring (bicyclic) bond motifs is 2. The molecule has 7 rings (SSSR count). The third-order valence-electron chi connectivity index (χ3n) is 14.4. The smallest absolute Gasteiger partial charge is 0.364 e. The lowest BCUT2D eigenvalue weighted by atomic mass is 9.88. The van der Waals surface area contributed by atoms with Crippen molar-refractivity contribution in [2.75, 3.05) is 55.9 Å². The van der Waals surface area contributed by atoms with E-state index < -0.39 is 122 Å². The number of carboxylic acid groups (broad SMARTS) is 1. The molecule has 472 valence electrons. The predicted molar refractivity (Wildman–Crippen MR) is 326 cm³/mol. The summed E-state index contributed by atoms with van der Waals surface area (Å²) >= 11 is 5.47. The summed E-state index contributed by atoms with van der Waals surface area (Å²) in [5.41, 5.74) is 0.778. The van der Waals surface area contributed by atoms with Crippen molar-refractivity contribution in [2.24, 2.45) is 0 Å². The van der Waals surface area contributed by atoms with Crippen LogP contribution in [0.3, 0.4) is 0 Å². The zero-order chi connectivity index (χ0) is 62.8. The number of Topliss-reactive ketones (excluding diaryl/α,β-unsaturated/α-hetero) is 1. The van der Waals surface area contributed by atoms with Crippen molar-refractivity contribution in [2.45, 2.75) is 125 Å². The normalized spacial score (nSPS) is 23.4. The van der Waals surface area contributed by atoms with Crippen molar-refractivity contribution in [3.63, 3.8) is 0 Å². The number of aldehydes is 1. The Labute approximate surface area is 517 Å². The van der Waals surface area contributed by atoms with Gasteiger partial charge in [0.25, 0.3) is 23.5 Å². The highest BCUT2D eigenvalue weighted by Gasteiger charge is 2.56. The molecule has 0 radical (unpaired) electrons. The summed E-state index contributed by atoms with van der Waals surface area (Å²) < 4.78 is 25.1. The molecule has 2 fully saturated rings. The Bertz CT molecular complexity index is 3100. The number of aliphatic hydroxyl groups excluding tert-OH is 6. The molecule has 24 nitrogen and oxygen atoms in total. The topological polar surface area (TPSA) is 375 Å². The Hall–Kier alpha value is -5.96. The highest BCUT2D eigenvalue weighted by atomic mass is 32.2. The van der Waals surface area contributed by atoms with Crippen LogP contribution in [-0.4, -0.2) is 212 Å². The molecule has 12 atom stereocenters. The largest absolute Gasteiger partial charge is 0.477 e. The number of thioether (sulfide) groups is 2. The minimum Gasteiger partial charge on any atom is -0.477 e. The van der Waals surface area contributed by atoms with E-state index in [-0.39, 0.29) is 37.7 Å². The quantitative estimate of drug-likeness (QED) is 0.0163. The van der Waals surface area contributed by atoms with Crippen molar-refractivity contribution in [3.8, 4) is 0 Å². The number of aliphatic hydroxyl groups is 6. The molecule has 0 aliphatic carbocycles. The molecule has 2 aliphatic rings. The molecule has 5 amide bonds. The van der Waals surface area contributed by atoms with Crippen LogP contribution in [0.15, 0.2) is 84.9 Å². The van der Waals surface area contributed by atoms with E-state index in [1.807, 2.05) is 48.5 Å². The first-order valence-corrected chi connectivity index (χ1v) is 32.1. The maximum atomic E-state index is 13.0. The molecule has 2 saturated heterocycles. The fraction of sp³-hybridized carbons (Fsp3) is 0.492. The van der Waals surface area contributed by atoms with Gasteiger partial charge in [-0.2, -0.15) is 23.5 Å². The molecule has 0 saturated carbocycles. The number of carbonyl (C=O) groups excluding carboxylic acids is 7. The monoisotopic (exact) mass is 1280 g/mol. The Morgan fingerprint density at radius 1 is 0.632 bits per heavy atom. The van der Waals surface area contributed by atoms with E-state index in [1.54, 1.807) is 36.4 Å². The summed E-state index contributed by atoms with van der Waals surface area (Å²) in [5, 5.41) is 91.6. The van der Waals surface area contributed by atoms with Crippen LogP contribution < -0.4 is 26.6 Å². The molecule has 2 aliphatic heterocycles. The SMILES string of the molecule is CC(=O)N[C@H]1[C@H]([C@H](O)[C@H](O)CNC(=O)c2cc3ccccc3s2)O[C@](C=O)(OCCCSCCNC(=O)c2ccc(C(=O)CCCSCCCO[C@]3(C(=O)O)C[C@H](O)[C@@H](NC(C)=O)[C@H]([C@H](O)[C@H](O)CNC(=O)c4cc5ccccc5s4)O3)cc2)C[C@@H]1O. The summed E-state index contributed by atoms with van der Waals surface area (Å²) in [6.45, 7) is 1.61. The molecule has 0 unspecified atom stereocenters. The van der Waals surface area contributed by atoms with Gasteiger partial charge in [0.15, 0.2) is 12.1 Å². The molecule has 2 aromatic heterocycles. The van der Waals surface area contributed by atoms with Gasteiger partial charge in [-0.3, -0.25) is 33.6 Å². The number of ether oxygens (including phenoxy) is 4. The molecular formula is C59H73N5O19S4. The first-order chi connectivity index (χ1) is 41.6. The van der Waals surface area contributed by atoms with Crippen LogP contribution in [0.5, 0.6) is 0 Å². The fourth-order valence-corrected chi connectivity index (χ4v) is 13.5. The van der Waals surface area contributed by atoms with Crippen molar-refractivity contribution in [1.29, 1.82) is 0 Å². The van der Waals surface area contributed by atoms with Crippen molar-refractivity contribution in [3.05, 3.63) is 106 Å². The Morgan fingerprint density at radius 3 is 1.63 bits per heavy atom. The van der Waals surface area contributed by atoms with Crippen LogP contribution >= 0.6 is 46.2 Å². The van der Waals surface area contributed by atoms with Gasteiger partial charge in [0, 0.05) is 79.0 Å². The first kappa shape index (κ1) is 68.5. The molecule has 0 bridgehead atoms. The van der Waals surface area contributed by atoms with Gasteiger partial charge < -0.3 is 81.3 Å². The highest BCUT2D eigenvalue weighted by molar-refractivity contribution is 7.99. The van der Waals surface area contributed by atoms with Gasteiger partial charge in [0.2, 0.25) is 17.6 Å². The van der Waals surface area contributed by atoms with Crippen LogP contribution in [-0.2, 0) is 38.1 Å². The van der Waals surface area contributed by atoms with Crippen molar-refractivity contribution < 1.29 is 93.0 Å². The third kappa shape index (κ3) is 18.8. The number of ketones is 1. The van der Waals surface area contributed by atoms with E-state index in [0.717, 1.165) is 27.1 Å². The second-order valence-corrected chi connectivity index (χ2v) is 25.6. The molecule has 3 aromatic carbocycles. The lowest BCUT2D eigenvalue weighted by Crippen LogP contribution is -2.68. The van der Waals surface area contributed by atoms with Gasteiger partial charge in [-0.25, -0.2) is 4.79 Å². The standard InChI is InChI=1S/C59H73N5O19S4/c1-33(66)63-48-40(69)28-58(32-65,82-52(48)50(73)42(71)30-61-55(76)46-26-37-10-3-5-13-44(37)86-46)80-20-8-24-85-25-19-60-54(75)36-17-15-35(16-18-36)39(68)12-7-22-84-23-9-21-81-59(57(78)79)29-41(70)49(64-34(2)67)53(83-59)51(74)43(72)31-62-56(77)47-27-38-11-4-6-14-45(38)87-47/h3-6,10-11,13-18,26-27,32,40-43,48-53,69-74H,7-9,12,19-25,28-31H2,1-2H3,(H,60,75)(H,61,76)(H,62,77)(H,63,66)(H,64,67)(H,78,79)/t40-,41-,42+,43+,48+,49+,50+,51+,52+,53+,58+,59+/m0/s1. The average Bonchev–Trinajstić information content (AvgIpc) is 3.81. The lowest BCUT2D eigenvalue weighted by molar-refractivity contribution is -0.310. The molecule has 0 spiro atoms. The summed E-state index contributed by atoms with van der Waals surface area (Å²) in [4.78, 5) is 102. The van der Waals surface area contributed by atoms with Crippen LogP contribution in [0.4, 0.5) is 0 Å². The number of carboxylic acids is 1. The van der Waals surface area contributed by atoms with Gasteiger partial charge >= 0.3 is 5.97 Å². The van der Waals surface area contributed by atoms with Crippen molar-refractivity contribution in [1.82, 2.24) is 26.6 Å². The van der Waals surface area contributed by atoms with Crippen LogP contribution in [0.25, 0.3) is 20.2 Å². The van der Waals surface area contributed by atoms with E-state index in [1.165, 1.54) is 53.1 Å². The van der Waals surface area contributed by atoms with Gasteiger partial charge in [-0.1, -0.05) is 48.5 Å². The second-order valence-electron chi connectivity index (χ2n) is 21.0. The number of thiophene rings is 2. The number of rotatable bonds is 33.